The van der Waals surface area contributed by atoms with Crippen molar-refractivity contribution in [1.29, 1.82) is 0 Å². The number of hydrogen-bond acceptors (Lipinski definition) is 7. The van der Waals surface area contributed by atoms with E-state index in [0.29, 0.717) is 39.6 Å². The number of amides is 1. The van der Waals surface area contributed by atoms with Crippen molar-refractivity contribution in [2.45, 2.75) is 46.1 Å². The Balaban J connectivity index is 1.46. The lowest BCUT2D eigenvalue weighted by Crippen LogP contribution is -2.18. The first-order chi connectivity index (χ1) is 17.7. The van der Waals surface area contributed by atoms with Crippen LogP contribution in [-0.2, 0) is 0 Å². The number of ether oxygens (including phenoxy) is 2. The normalized spacial score (nSPS) is 14.1. The average molecular weight is 545 g/mol. The Bertz CT molecular complexity index is 1450. The van der Waals surface area contributed by atoms with E-state index >= 15 is 0 Å². The zero-order valence-electron chi connectivity index (χ0n) is 20.5. The van der Waals surface area contributed by atoms with Crippen molar-refractivity contribution in [2.24, 2.45) is 5.41 Å². The minimum absolute atomic E-state index is 0.0552. The Kier molecular flexibility index (Phi) is 7.00. The highest BCUT2D eigenvalue weighted by Crippen LogP contribution is 2.41. The van der Waals surface area contributed by atoms with Gasteiger partial charge in [-0.2, -0.15) is 8.78 Å². The molecule has 0 radical (unpaired) electrons. The molecule has 0 bridgehead atoms. The molecule has 1 saturated carbocycles. The van der Waals surface area contributed by atoms with Crippen molar-refractivity contribution >= 4 is 50.8 Å². The molecule has 0 unspecified atom stereocenters. The lowest BCUT2D eigenvalue weighted by molar-refractivity contribution is -0.0517. The number of nitrogens with one attached hydrogen (secondary N) is 1. The molecule has 4 aromatic rings. The first-order valence-electron chi connectivity index (χ1n) is 11.8. The fraction of sp³-hybridized carbons (Fsp3) is 0.346. The topological polar surface area (TPSA) is 77.8 Å². The SMILES string of the molecule is CC(C)(C)COc1c(C=Cc2nc3sccn3c2C(=O)Nc2nc(C3CC3)cs2)cccc1OC(F)F. The molecule has 0 spiro atoms. The van der Waals surface area contributed by atoms with Crippen LogP contribution in [-0.4, -0.2) is 33.5 Å². The molecule has 5 rings (SSSR count). The van der Waals surface area contributed by atoms with E-state index < -0.39 is 6.61 Å². The number of para-hydroxylation sites is 1. The summed E-state index contributed by atoms with van der Waals surface area (Å²) in [5.74, 6) is 0.316. The number of fused-ring (bicyclic) bond motifs is 1. The number of rotatable bonds is 9. The number of carbonyl (C=O) groups is 1. The van der Waals surface area contributed by atoms with Crippen LogP contribution in [0, 0.1) is 5.41 Å². The van der Waals surface area contributed by atoms with Crippen LogP contribution in [0.25, 0.3) is 17.1 Å². The van der Waals surface area contributed by atoms with Gasteiger partial charge in [0.05, 0.1) is 18.0 Å². The molecule has 11 heteroatoms. The summed E-state index contributed by atoms with van der Waals surface area (Å²) in [6.45, 7) is 3.26. The molecule has 1 aliphatic carbocycles. The van der Waals surface area contributed by atoms with E-state index in [1.165, 1.54) is 28.7 Å². The van der Waals surface area contributed by atoms with Gasteiger partial charge in [0, 0.05) is 28.4 Å². The van der Waals surface area contributed by atoms with Gasteiger partial charge < -0.3 is 9.47 Å². The molecular formula is C26H26F2N4O3S2. The predicted molar refractivity (Wildman–Crippen MR) is 142 cm³/mol. The third kappa shape index (κ3) is 5.99. The lowest BCUT2D eigenvalue weighted by atomic mass is 9.98. The highest BCUT2D eigenvalue weighted by atomic mass is 32.1. The summed E-state index contributed by atoms with van der Waals surface area (Å²) in [6, 6.07) is 4.79. The summed E-state index contributed by atoms with van der Waals surface area (Å²) in [6.07, 6.45) is 7.42. The Morgan fingerprint density at radius 3 is 2.78 bits per heavy atom. The van der Waals surface area contributed by atoms with Crippen molar-refractivity contribution in [3.05, 3.63) is 57.8 Å². The van der Waals surface area contributed by atoms with E-state index in [9.17, 15) is 13.6 Å². The molecule has 0 aliphatic heterocycles. The fourth-order valence-electron chi connectivity index (χ4n) is 3.68. The maximum absolute atomic E-state index is 13.3. The summed E-state index contributed by atoms with van der Waals surface area (Å²) in [4.78, 5) is 23.1. The molecule has 0 atom stereocenters. The lowest BCUT2D eigenvalue weighted by Gasteiger charge is -2.21. The van der Waals surface area contributed by atoms with Gasteiger partial charge in [-0.05, 0) is 36.5 Å². The van der Waals surface area contributed by atoms with Gasteiger partial charge in [-0.3, -0.25) is 14.5 Å². The van der Waals surface area contributed by atoms with Crippen molar-refractivity contribution in [1.82, 2.24) is 14.4 Å². The number of alkyl halides is 2. The molecule has 1 fully saturated rings. The standard InChI is InChI=1S/C26H26F2N4O3S2/c1-26(2,3)14-34-21-16(5-4-6-19(21)35-23(27)28)9-10-17-20(32-11-12-36-25(32)30-17)22(33)31-24-29-18(13-37-24)15-7-8-15/h4-6,9-13,15,23H,7-8,14H2,1-3H3,(H,29,31,33). The third-order valence-corrected chi connectivity index (χ3v) is 7.07. The number of carbonyl (C=O) groups excluding carboxylic acids is 1. The minimum Gasteiger partial charge on any atom is -0.489 e. The first-order valence-corrected chi connectivity index (χ1v) is 13.5. The second kappa shape index (κ2) is 10.2. The van der Waals surface area contributed by atoms with Crippen molar-refractivity contribution in [3.8, 4) is 11.5 Å². The monoisotopic (exact) mass is 544 g/mol. The molecule has 1 N–H and O–H groups in total. The molecule has 3 heterocycles. The van der Waals surface area contributed by atoms with Gasteiger partial charge in [-0.25, -0.2) is 9.97 Å². The van der Waals surface area contributed by atoms with Crippen LogP contribution in [0.15, 0.2) is 35.2 Å². The van der Waals surface area contributed by atoms with E-state index in [0.717, 1.165) is 18.5 Å². The van der Waals surface area contributed by atoms with Crippen LogP contribution < -0.4 is 14.8 Å². The van der Waals surface area contributed by atoms with Gasteiger partial charge in [-0.15, -0.1) is 22.7 Å². The summed E-state index contributed by atoms with van der Waals surface area (Å²) in [5, 5.41) is 7.28. The highest BCUT2D eigenvalue weighted by molar-refractivity contribution is 7.15. The number of benzene rings is 1. The van der Waals surface area contributed by atoms with Crippen LogP contribution in [0.3, 0.4) is 0 Å². The van der Waals surface area contributed by atoms with Crippen molar-refractivity contribution < 1.29 is 23.0 Å². The predicted octanol–water partition coefficient (Wildman–Crippen LogP) is 7.18. The van der Waals surface area contributed by atoms with E-state index in [4.69, 9.17) is 9.47 Å². The van der Waals surface area contributed by atoms with Crippen LogP contribution in [0.5, 0.6) is 11.5 Å². The van der Waals surface area contributed by atoms with Gasteiger partial charge in [-0.1, -0.05) is 32.9 Å². The largest absolute Gasteiger partial charge is 0.489 e. The summed E-state index contributed by atoms with van der Waals surface area (Å²) in [5.41, 5.74) is 2.13. The smallest absolute Gasteiger partial charge is 0.387 e. The second-order valence-corrected chi connectivity index (χ2v) is 11.7. The maximum Gasteiger partial charge on any atom is 0.387 e. The Labute approximate surface area is 220 Å². The van der Waals surface area contributed by atoms with Gasteiger partial charge in [0.1, 0.15) is 5.69 Å². The van der Waals surface area contributed by atoms with E-state index in [2.05, 4.69) is 15.3 Å². The van der Waals surface area contributed by atoms with Crippen molar-refractivity contribution in [2.75, 3.05) is 11.9 Å². The summed E-state index contributed by atoms with van der Waals surface area (Å²) >= 11 is 2.81. The van der Waals surface area contributed by atoms with Crippen LogP contribution in [0.1, 0.15) is 67.0 Å². The highest BCUT2D eigenvalue weighted by Gasteiger charge is 2.27. The Morgan fingerprint density at radius 2 is 2.05 bits per heavy atom. The number of thiazole rings is 2. The molecule has 37 heavy (non-hydrogen) atoms. The molecule has 194 valence electrons. The van der Waals surface area contributed by atoms with Gasteiger partial charge in [0.15, 0.2) is 21.6 Å². The quantitative estimate of drug-likeness (QED) is 0.242. The van der Waals surface area contributed by atoms with Crippen LogP contribution in [0.4, 0.5) is 13.9 Å². The van der Waals surface area contributed by atoms with Gasteiger partial charge in [0.25, 0.3) is 5.91 Å². The maximum atomic E-state index is 13.3. The number of imidazole rings is 1. The third-order valence-electron chi connectivity index (χ3n) is 5.54. The van der Waals surface area contributed by atoms with E-state index in [1.807, 2.05) is 31.5 Å². The number of nitrogens with zero attached hydrogens (tertiary/aromatic N) is 3. The first kappa shape index (κ1) is 25.3. The number of halogens is 2. The molecule has 0 saturated heterocycles. The fourth-order valence-corrected chi connectivity index (χ4v) is 5.18. The summed E-state index contributed by atoms with van der Waals surface area (Å²) < 4.78 is 38.5. The molecule has 1 aromatic carbocycles. The van der Waals surface area contributed by atoms with E-state index in [-0.39, 0.29) is 22.8 Å². The number of aromatic nitrogens is 3. The van der Waals surface area contributed by atoms with Crippen molar-refractivity contribution in [3.63, 3.8) is 0 Å². The summed E-state index contributed by atoms with van der Waals surface area (Å²) in [7, 11) is 0. The average Bonchev–Trinajstić information content (AvgIpc) is 3.23. The zero-order valence-corrected chi connectivity index (χ0v) is 22.2. The second-order valence-electron chi connectivity index (χ2n) is 9.94. The van der Waals surface area contributed by atoms with Gasteiger partial charge in [0.2, 0.25) is 0 Å². The molecule has 1 aliphatic rings. The van der Waals surface area contributed by atoms with E-state index in [1.54, 1.807) is 34.9 Å². The zero-order chi connectivity index (χ0) is 26.2. The number of anilines is 1. The van der Waals surface area contributed by atoms with Gasteiger partial charge >= 0.3 is 6.61 Å². The molecule has 7 nitrogen and oxygen atoms in total. The molecule has 1 amide bonds. The Morgan fingerprint density at radius 1 is 1.24 bits per heavy atom. The van der Waals surface area contributed by atoms with Crippen LogP contribution in [0.2, 0.25) is 0 Å². The minimum atomic E-state index is -2.99. The number of hydrogen-bond donors (Lipinski definition) is 1. The Hall–Kier alpha value is -3.31. The molecule has 3 aromatic heterocycles. The molecular weight excluding hydrogens is 518 g/mol. The van der Waals surface area contributed by atoms with Crippen LogP contribution >= 0.6 is 22.7 Å².